The number of aromatic nitrogens is 1. The van der Waals surface area contributed by atoms with Crippen LogP contribution in [-0.2, 0) is 16.1 Å². The minimum atomic E-state index is -1.27. The van der Waals surface area contributed by atoms with Crippen LogP contribution in [0.2, 0.25) is 5.15 Å². The van der Waals surface area contributed by atoms with Crippen LogP contribution in [0.25, 0.3) is 0 Å². The average molecular weight is 484 g/mol. The molecule has 178 valence electrons. The summed E-state index contributed by atoms with van der Waals surface area (Å²) in [7, 11) is 1.55. The molecule has 0 aliphatic carbocycles. The van der Waals surface area contributed by atoms with Crippen molar-refractivity contribution in [3.8, 4) is 6.07 Å². The second-order valence-electron chi connectivity index (χ2n) is 7.65. The molecule has 1 aromatic carbocycles. The lowest BCUT2D eigenvalue weighted by Crippen LogP contribution is -2.37. The molecule has 2 rings (SSSR count). The van der Waals surface area contributed by atoms with Gasteiger partial charge in [0.2, 0.25) is 0 Å². The van der Waals surface area contributed by atoms with Crippen molar-refractivity contribution >= 4 is 23.2 Å². The highest BCUT2D eigenvalue weighted by Gasteiger charge is 2.42. The number of benzene rings is 1. The van der Waals surface area contributed by atoms with E-state index in [1.807, 2.05) is 13.0 Å². The number of nitrogens with one attached hydrogen (secondary N) is 1. The molecule has 2 aromatic rings. The summed E-state index contributed by atoms with van der Waals surface area (Å²) in [5.41, 5.74) is 1.20. The molecule has 0 radical (unpaired) electrons. The van der Waals surface area contributed by atoms with Gasteiger partial charge in [0.05, 0.1) is 28.4 Å². The molecule has 0 aliphatic heterocycles. The van der Waals surface area contributed by atoms with Gasteiger partial charge in [-0.2, -0.15) is 5.26 Å². The van der Waals surface area contributed by atoms with Crippen molar-refractivity contribution in [3.05, 3.63) is 86.1 Å². The van der Waals surface area contributed by atoms with Gasteiger partial charge in [0, 0.05) is 26.3 Å². The molecule has 0 saturated heterocycles. The minimum Gasteiger partial charge on any atom is -0.369 e. The van der Waals surface area contributed by atoms with E-state index < -0.39 is 28.3 Å². The van der Waals surface area contributed by atoms with Gasteiger partial charge in [-0.15, -0.1) is 0 Å². The third-order valence-electron chi connectivity index (χ3n) is 5.44. The van der Waals surface area contributed by atoms with E-state index in [1.165, 1.54) is 38.1 Å². The van der Waals surface area contributed by atoms with Crippen LogP contribution in [0.1, 0.15) is 43.4 Å². The van der Waals surface area contributed by atoms with Gasteiger partial charge in [-0.25, -0.2) is 4.98 Å². The molecule has 0 spiro atoms. The molecule has 0 bridgehead atoms. The van der Waals surface area contributed by atoms with Gasteiger partial charge in [0.1, 0.15) is 16.7 Å². The summed E-state index contributed by atoms with van der Waals surface area (Å²) < 4.78 is 0. The maximum atomic E-state index is 12.6. The number of ketones is 2. The van der Waals surface area contributed by atoms with Gasteiger partial charge in [0.25, 0.3) is 5.70 Å². The highest BCUT2D eigenvalue weighted by molar-refractivity contribution is 6.29. The molecule has 34 heavy (non-hydrogen) atoms. The predicted octanol–water partition coefficient (Wildman–Crippen LogP) is 3.67. The molecule has 0 aliphatic rings. The lowest BCUT2D eigenvalue weighted by Gasteiger charge is -2.29. The van der Waals surface area contributed by atoms with Gasteiger partial charge in [-0.1, -0.05) is 29.8 Å². The number of carbonyl (C=O) groups is 2. The number of nitro groups is 1. The van der Waals surface area contributed by atoms with Crippen LogP contribution in [0.4, 0.5) is 0 Å². The first-order chi connectivity index (χ1) is 16.1. The number of nitriles is 1. The zero-order valence-electron chi connectivity index (χ0n) is 19.4. The predicted molar refractivity (Wildman–Crippen MR) is 127 cm³/mol. The van der Waals surface area contributed by atoms with Crippen LogP contribution in [-0.4, -0.2) is 40.0 Å². The fraction of sp³-hybridized carbons (Fsp3) is 0.333. The Bertz CT molecular complexity index is 1110. The van der Waals surface area contributed by atoms with E-state index in [0.717, 1.165) is 5.56 Å². The van der Waals surface area contributed by atoms with Crippen molar-refractivity contribution in [1.82, 2.24) is 15.2 Å². The fourth-order valence-corrected chi connectivity index (χ4v) is 4.01. The van der Waals surface area contributed by atoms with Crippen LogP contribution in [0, 0.1) is 27.4 Å². The number of carbonyl (C=O) groups excluding carboxylic acids is 2. The Balaban J connectivity index is 2.76. The van der Waals surface area contributed by atoms with Gasteiger partial charge < -0.3 is 10.2 Å². The molecule has 1 heterocycles. The van der Waals surface area contributed by atoms with Crippen LogP contribution < -0.4 is 5.32 Å². The summed E-state index contributed by atoms with van der Waals surface area (Å²) in [6.45, 7) is 5.00. The Morgan fingerprint density at radius 1 is 1.21 bits per heavy atom. The molecule has 1 atom stereocenters. The third-order valence-corrected chi connectivity index (χ3v) is 5.66. The highest BCUT2D eigenvalue weighted by atomic mass is 35.5. The van der Waals surface area contributed by atoms with Gasteiger partial charge in [0.15, 0.2) is 5.82 Å². The summed E-state index contributed by atoms with van der Waals surface area (Å²) >= 11 is 5.87. The quantitative estimate of drug-likeness (QED) is 0.222. The number of halogens is 1. The molecule has 10 heteroatoms. The summed E-state index contributed by atoms with van der Waals surface area (Å²) in [4.78, 5) is 42.8. The normalized spacial score (nSPS) is 12.4. The van der Waals surface area contributed by atoms with Gasteiger partial charge in [-0.3, -0.25) is 19.7 Å². The highest BCUT2D eigenvalue weighted by Crippen LogP contribution is 2.36. The molecular weight excluding hydrogens is 458 g/mol. The molecule has 0 saturated carbocycles. The van der Waals surface area contributed by atoms with Crippen LogP contribution in [0.3, 0.4) is 0 Å². The van der Waals surface area contributed by atoms with E-state index in [0.29, 0.717) is 22.8 Å². The second-order valence-corrected chi connectivity index (χ2v) is 8.04. The summed E-state index contributed by atoms with van der Waals surface area (Å²) in [5.74, 6) is -3.24. The van der Waals surface area contributed by atoms with Crippen molar-refractivity contribution in [3.63, 3.8) is 0 Å². The van der Waals surface area contributed by atoms with E-state index in [2.05, 4.69) is 10.3 Å². The SMILES string of the molecule is CCN(Cc1ccc(Cl)nc1)/C(NC)=C(/C(c1ccc(C#N)cc1)C(C(C)=O)C(C)=O)[N+](=O)[O-]. The van der Waals surface area contributed by atoms with E-state index in [4.69, 9.17) is 16.9 Å². The van der Waals surface area contributed by atoms with Crippen molar-refractivity contribution in [1.29, 1.82) is 5.26 Å². The third kappa shape index (κ3) is 6.17. The Hall–Kier alpha value is -3.77. The molecular formula is C24H26ClN5O4. The summed E-state index contributed by atoms with van der Waals surface area (Å²) in [6, 6.07) is 11.5. The molecule has 1 unspecified atom stereocenters. The van der Waals surface area contributed by atoms with E-state index in [1.54, 1.807) is 30.3 Å². The Kier molecular flexibility index (Phi) is 9.27. The zero-order valence-corrected chi connectivity index (χ0v) is 20.2. The summed E-state index contributed by atoms with van der Waals surface area (Å²) in [5, 5.41) is 24.9. The number of pyridine rings is 1. The monoisotopic (exact) mass is 483 g/mol. The lowest BCUT2D eigenvalue weighted by atomic mass is 9.78. The van der Waals surface area contributed by atoms with Crippen LogP contribution >= 0.6 is 11.6 Å². The Morgan fingerprint density at radius 2 is 1.82 bits per heavy atom. The zero-order chi connectivity index (χ0) is 25.4. The minimum absolute atomic E-state index is 0.171. The first kappa shape index (κ1) is 26.5. The molecule has 0 fully saturated rings. The number of nitrogens with zero attached hydrogens (tertiary/aromatic N) is 4. The van der Waals surface area contributed by atoms with Crippen LogP contribution in [0.15, 0.2) is 54.1 Å². The lowest BCUT2D eigenvalue weighted by molar-refractivity contribution is -0.433. The maximum absolute atomic E-state index is 12.6. The maximum Gasteiger partial charge on any atom is 0.294 e. The van der Waals surface area contributed by atoms with E-state index >= 15 is 0 Å². The topological polar surface area (TPSA) is 129 Å². The van der Waals surface area contributed by atoms with Crippen molar-refractivity contribution in [2.24, 2.45) is 5.92 Å². The molecule has 1 N–H and O–H groups in total. The van der Waals surface area contributed by atoms with Crippen molar-refractivity contribution in [2.75, 3.05) is 13.6 Å². The van der Waals surface area contributed by atoms with Gasteiger partial charge in [-0.05, 0) is 50.1 Å². The standard InChI is InChI=1S/C24H26ClN5O4/c1-5-29(14-18-8-11-20(25)28-13-18)24(27-4)23(30(33)34)22(21(15(2)31)16(3)32)19-9-6-17(12-26)7-10-19/h6-11,13,21-22,27H,5,14H2,1-4H3/b24-23-. The number of allylic oxidation sites excluding steroid dienone is 1. The number of rotatable bonds is 11. The summed E-state index contributed by atoms with van der Waals surface area (Å²) in [6.07, 6.45) is 1.58. The smallest absolute Gasteiger partial charge is 0.294 e. The largest absolute Gasteiger partial charge is 0.369 e. The van der Waals surface area contributed by atoms with E-state index in [-0.39, 0.29) is 18.1 Å². The van der Waals surface area contributed by atoms with Crippen LogP contribution in [0.5, 0.6) is 0 Å². The van der Waals surface area contributed by atoms with Crippen molar-refractivity contribution in [2.45, 2.75) is 33.2 Å². The second kappa shape index (κ2) is 11.9. The van der Waals surface area contributed by atoms with E-state index in [9.17, 15) is 19.7 Å². The first-order valence-electron chi connectivity index (χ1n) is 10.6. The first-order valence-corrected chi connectivity index (χ1v) is 10.9. The van der Waals surface area contributed by atoms with Gasteiger partial charge >= 0.3 is 0 Å². The molecule has 9 nitrogen and oxygen atoms in total. The average Bonchev–Trinajstić information content (AvgIpc) is 2.80. The molecule has 1 aromatic heterocycles. The number of hydrogen-bond acceptors (Lipinski definition) is 8. The van der Waals surface area contributed by atoms with Crippen molar-refractivity contribution < 1.29 is 14.5 Å². The molecule has 0 amide bonds. The Morgan fingerprint density at radius 3 is 2.24 bits per heavy atom. The number of hydrogen-bond donors (Lipinski definition) is 1. The number of Topliss-reactive ketones (excluding diaryl/α,β-unsaturated/α-hetero) is 2. The fourth-order valence-electron chi connectivity index (χ4n) is 3.89. The Labute approximate surface area is 203 Å².